The van der Waals surface area contributed by atoms with E-state index in [1.165, 1.54) is 0 Å². The summed E-state index contributed by atoms with van der Waals surface area (Å²) >= 11 is 3.53. The van der Waals surface area contributed by atoms with Crippen LogP contribution in [-0.2, 0) is 0 Å². The van der Waals surface area contributed by atoms with E-state index in [0.717, 1.165) is 53.7 Å². The van der Waals surface area contributed by atoms with Crippen LogP contribution in [0.5, 0.6) is 0 Å². The number of piperazine rings is 1. The van der Waals surface area contributed by atoms with Gasteiger partial charge in [0, 0.05) is 30.7 Å². The number of nitrogens with zero attached hydrogens (tertiary/aromatic N) is 5. The third kappa shape index (κ3) is 2.34. The molecule has 0 bridgehead atoms. The van der Waals surface area contributed by atoms with E-state index in [0.29, 0.717) is 0 Å². The van der Waals surface area contributed by atoms with E-state index < -0.39 is 0 Å². The largest absolute Gasteiger partial charge is 0.351 e. The molecule has 3 aliphatic rings. The lowest BCUT2D eigenvalue weighted by Gasteiger charge is -2.37. The van der Waals surface area contributed by atoms with Crippen LogP contribution in [0.3, 0.4) is 0 Å². The molecule has 4 rings (SSSR count). The Balaban J connectivity index is 1.83. The van der Waals surface area contributed by atoms with Crippen molar-refractivity contribution in [3.05, 3.63) is 22.7 Å². The van der Waals surface area contributed by atoms with Gasteiger partial charge in [-0.25, -0.2) is 15.0 Å². The lowest BCUT2D eigenvalue weighted by molar-refractivity contribution is 0.360. The van der Waals surface area contributed by atoms with Gasteiger partial charge in [-0.1, -0.05) is 15.9 Å². The smallest absolute Gasteiger partial charge is 0.179 e. The summed E-state index contributed by atoms with van der Waals surface area (Å²) in [7, 11) is 0. The zero-order valence-electron chi connectivity index (χ0n) is 12.3. The van der Waals surface area contributed by atoms with Gasteiger partial charge in [-0.05, 0) is 25.1 Å². The normalized spacial score (nSPS) is 23.6. The molecule has 3 heterocycles. The zero-order chi connectivity index (χ0) is 15.1. The molecule has 1 N–H and O–H groups in total. The highest BCUT2D eigenvalue weighted by Gasteiger charge is 2.32. The molecule has 114 valence electrons. The van der Waals surface area contributed by atoms with Gasteiger partial charge in [0.05, 0.1) is 17.7 Å². The highest BCUT2D eigenvalue weighted by molar-refractivity contribution is 9.10. The first-order valence-corrected chi connectivity index (χ1v) is 8.26. The molecule has 1 saturated heterocycles. The number of benzene rings is 1. The molecular formula is C15H17BrN6. The van der Waals surface area contributed by atoms with Gasteiger partial charge in [0.2, 0.25) is 0 Å². The van der Waals surface area contributed by atoms with E-state index in [4.69, 9.17) is 9.98 Å². The van der Waals surface area contributed by atoms with Gasteiger partial charge in [0.15, 0.2) is 11.7 Å². The summed E-state index contributed by atoms with van der Waals surface area (Å²) in [5, 5.41) is 3.38. The van der Waals surface area contributed by atoms with Crippen molar-refractivity contribution in [3.8, 4) is 0 Å². The quantitative estimate of drug-likeness (QED) is 0.769. The molecule has 7 heteroatoms. The first-order valence-electron chi connectivity index (χ1n) is 7.47. The fraction of sp³-hybridized carbons (Fsp3) is 0.400. The molecule has 1 fully saturated rings. The molecule has 0 saturated carbocycles. The van der Waals surface area contributed by atoms with E-state index in [1.807, 2.05) is 30.3 Å². The van der Waals surface area contributed by atoms with Crippen molar-refractivity contribution in [3.63, 3.8) is 0 Å². The molecule has 1 aromatic rings. The number of rotatable bonds is 0. The summed E-state index contributed by atoms with van der Waals surface area (Å²) in [5.74, 6) is 1.85. The van der Waals surface area contributed by atoms with Gasteiger partial charge in [-0.3, -0.25) is 4.90 Å². The molecule has 0 amide bonds. The average molecular weight is 361 g/mol. The van der Waals surface area contributed by atoms with Gasteiger partial charge < -0.3 is 10.2 Å². The van der Waals surface area contributed by atoms with Crippen molar-refractivity contribution >= 4 is 45.3 Å². The molecule has 0 aromatic heterocycles. The maximum absolute atomic E-state index is 4.90. The van der Waals surface area contributed by atoms with Gasteiger partial charge >= 0.3 is 0 Å². The fourth-order valence-electron chi connectivity index (χ4n) is 2.87. The van der Waals surface area contributed by atoms with Gasteiger partial charge in [0.1, 0.15) is 6.17 Å². The lowest BCUT2D eigenvalue weighted by Crippen LogP contribution is -2.54. The molecule has 0 radical (unpaired) electrons. The Labute approximate surface area is 137 Å². The summed E-state index contributed by atoms with van der Waals surface area (Å²) < 4.78 is 1.03. The Morgan fingerprint density at radius 3 is 2.86 bits per heavy atom. The van der Waals surface area contributed by atoms with Gasteiger partial charge in [-0.15, -0.1) is 0 Å². The Hall–Kier alpha value is -1.73. The van der Waals surface area contributed by atoms with Crippen LogP contribution in [0.2, 0.25) is 0 Å². The number of aliphatic imine (C=N–C) groups is 3. The Morgan fingerprint density at radius 2 is 2.05 bits per heavy atom. The highest BCUT2D eigenvalue weighted by Crippen LogP contribution is 2.36. The standard InChI is InChI=1S/C15H17BrN6/c1-10-18-9-22-13-3-2-11(16)8-12(13)20-14(15(22)19-10)21-6-4-17-5-7-21/h2-3,8-10,17H,4-7H2,1H3. The summed E-state index contributed by atoms with van der Waals surface area (Å²) in [6.07, 6.45) is 1.81. The average Bonchev–Trinajstić information content (AvgIpc) is 2.54. The molecule has 0 spiro atoms. The maximum Gasteiger partial charge on any atom is 0.179 e. The van der Waals surface area contributed by atoms with Crippen molar-refractivity contribution < 1.29 is 0 Å². The Bertz CT molecular complexity index is 689. The SMILES string of the molecule is CC1N=CN2C(=N1)C(N1CCNCC1)=Nc1cc(Br)ccc12. The maximum atomic E-state index is 4.90. The van der Waals surface area contributed by atoms with Crippen LogP contribution in [0, 0.1) is 0 Å². The van der Waals surface area contributed by atoms with Crippen LogP contribution in [0.4, 0.5) is 11.4 Å². The number of hydrogen-bond acceptors (Lipinski definition) is 6. The van der Waals surface area contributed by atoms with Crippen molar-refractivity contribution in [2.24, 2.45) is 15.0 Å². The van der Waals surface area contributed by atoms with E-state index in [2.05, 4.69) is 37.2 Å². The number of hydrogen-bond donors (Lipinski definition) is 1. The van der Waals surface area contributed by atoms with Gasteiger partial charge in [0.25, 0.3) is 0 Å². The molecule has 0 aliphatic carbocycles. The topological polar surface area (TPSA) is 55.6 Å². The molecule has 22 heavy (non-hydrogen) atoms. The predicted molar refractivity (Wildman–Crippen MR) is 93.5 cm³/mol. The van der Waals surface area contributed by atoms with Crippen LogP contribution in [0.15, 0.2) is 37.6 Å². The minimum atomic E-state index is -0.0589. The second kappa shape index (κ2) is 5.48. The second-order valence-corrected chi connectivity index (χ2v) is 6.44. The Kier molecular flexibility index (Phi) is 3.46. The third-order valence-electron chi connectivity index (χ3n) is 3.98. The van der Waals surface area contributed by atoms with E-state index in [9.17, 15) is 0 Å². The van der Waals surface area contributed by atoms with Crippen LogP contribution >= 0.6 is 15.9 Å². The summed E-state index contributed by atoms with van der Waals surface area (Å²) in [6.45, 7) is 5.83. The first-order chi connectivity index (χ1) is 10.7. The van der Waals surface area contributed by atoms with Crippen molar-refractivity contribution in [1.29, 1.82) is 0 Å². The molecule has 6 nitrogen and oxygen atoms in total. The minimum absolute atomic E-state index is 0.0589. The number of amidine groups is 2. The third-order valence-corrected chi connectivity index (χ3v) is 4.47. The summed E-state index contributed by atoms with van der Waals surface area (Å²) in [5.41, 5.74) is 1.97. The molecule has 1 unspecified atom stereocenters. The van der Waals surface area contributed by atoms with Crippen LogP contribution < -0.4 is 10.2 Å². The number of halogens is 1. The molecule has 1 atom stereocenters. The highest BCUT2D eigenvalue weighted by atomic mass is 79.9. The monoisotopic (exact) mass is 360 g/mol. The van der Waals surface area contributed by atoms with Gasteiger partial charge in [-0.2, -0.15) is 0 Å². The summed E-state index contributed by atoms with van der Waals surface area (Å²) in [6, 6.07) is 6.11. The first kappa shape index (κ1) is 13.9. The number of fused-ring (bicyclic) bond motifs is 3. The van der Waals surface area contributed by atoms with Crippen molar-refractivity contribution in [2.75, 3.05) is 31.1 Å². The fourth-order valence-corrected chi connectivity index (χ4v) is 3.22. The number of nitrogens with one attached hydrogen (secondary N) is 1. The minimum Gasteiger partial charge on any atom is -0.351 e. The molecule has 3 aliphatic heterocycles. The Morgan fingerprint density at radius 1 is 1.23 bits per heavy atom. The number of anilines is 1. The van der Waals surface area contributed by atoms with Crippen molar-refractivity contribution in [2.45, 2.75) is 13.1 Å². The van der Waals surface area contributed by atoms with E-state index in [-0.39, 0.29) is 6.17 Å². The molecule has 1 aromatic carbocycles. The van der Waals surface area contributed by atoms with E-state index >= 15 is 0 Å². The van der Waals surface area contributed by atoms with Crippen LogP contribution in [0.25, 0.3) is 0 Å². The second-order valence-electron chi connectivity index (χ2n) is 5.52. The molecular weight excluding hydrogens is 344 g/mol. The van der Waals surface area contributed by atoms with E-state index in [1.54, 1.807) is 0 Å². The van der Waals surface area contributed by atoms with Crippen LogP contribution in [-0.4, -0.2) is 55.3 Å². The van der Waals surface area contributed by atoms with Crippen LogP contribution in [0.1, 0.15) is 6.92 Å². The van der Waals surface area contributed by atoms with Crippen molar-refractivity contribution in [1.82, 2.24) is 10.2 Å². The zero-order valence-corrected chi connectivity index (χ0v) is 13.9. The predicted octanol–water partition coefficient (Wildman–Crippen LogP) is 1.99. The lowest BCUT2D eigenvalue weighted by atomic mass is 10.2. The summed E-state index contributed by atoms with van der Waals surface area (Å²) in [4.78, 5) is 18.4.